The van der Waals surface area contributed by atoms with E-state index in [2.05, 4.69) is 16.3 Å². The van der Waals surface area contributed by atoms with Crippen molar-refractivity contribution in [3.8, 4) is 28.7 Å². The van der Waals surface area contributed by atoms with Crippen LogP contribution in [0.4, 0.5) is 10.3 Å². The van der Waals surface area contributed by atoms with Crippen molar-refractivity contribution >= 4 is 5.88 Å². The number of benzene rings is 2. The standard InChI is InChI=1S/C20H13FN4O/c21-14-8-4-7-13(10-14)17-15(11-22)19(23)26-20-18(17)16(24-25-20)9-12-5-2-1-3-6-12/h1-8,10H,9,23H2. The van der Waals surface area contributed by atoms with E-state index in [-0.39, 0.29) is 17.3 Å². The third-order valence-electron chi connectivity index (χ3n) is 4.16. The van der Waals surface area contributed by atoms with Gasteiger partial charge in [0.25, 0.3) is 0 Å². The normalized spacial score (nSPS) is 10.8. The molecule has 26 heavy (non-hydrogen) atoms. The summed E-state index contributed by atoms with van der Waals surface area (Å²) in [7, 11) is 0. The van der Waals surface area contributed by atoms with Crippen molar-refractivity contribution in [3.05, 3.63) is 77.2 Å². The molecule has 0 fully saturated rings. The van der Waals surface area contributed by atoms with Gasteiger partial charge < -0.3 is 10.2 Å². The fourth-order valence-corrected chi connectivity index (χ4v) is 3.01. The Hall–Kier alpha value is -3.72. The number of anilines is 1. The van der Waals surface area contributed by atoms with Crippen LogP contribution in [0.15, 0.2) is 59.0 Å². The predicted octanol–water partition coefficient (Wildman–Crippen LogP) is 4.03. The van der Waals surface area contributed by atoms with Crippen molar-refractivity contribution in [2.24, 2.45) is 0 Å². The van der Waals surface area contributed by atoms with Crippen LogP contribution >= 0.6 is 0 Å². The summed E-state index contributed by atoms with van der Waals surface area (Å²) in [5, 5.41) is 17.9. The maximum atomic E-state index is 13.8. The highest BCUT2D eigenvalue weighted by atomic mass is 19.1. The Bertz CT molecular complexity index is 1100. The van der Waals surface area contributed by atoms with Crippen LogP contribution in [0.2, 0.25) is 0 Å². The third kappa shape index (κ3) is 2.66. The Balaban J connectivity index is 1.98. The van der Waals surface area contributed by atoms with Gasteiger partial charge in [0.05, 0.1) is 11.3 Å². The first-order chi connectivity index (χ1) is 12.7. The molecule has 4 rings (SSSR count). The van der Waals surface area contributed by atoms with E-state index in [0.717, 1.165) is 5.56 Å². The molecule has 2 aliphatic heterocycles. The van der Waals surface area contributed by atoms with Crippen LogP contribution in [0.5, 0.6) is 0 Å². The second kappa shape index (κ2) is 6.30. The maximum Gasteiger partial charge on any atom is 0.250 e. The summed E-state index contributed by atoms with van der Waals surface area (Å²) in [4.78, 5) is 0. The van der Waals surface area contributed by atoms with Crippen LogP contribution in [0.1, 0.15) is 16.8 Å². The molecule has 0 radical (unpaired) electrons. The highest BCUT2D eigenvalue weighted by molar-refractivity contribution is 5.89. The van der Waals surface area contributed by atoms with Gasteiger partial charge in [-0.3, -0.25) is 0 Å². The number of nitrogens with two attached hydrogens (primary N) is 1. The SMILES string of the molecule is N#Cc1c(N)oc2nnc(Cc3ccccc3)c-2c1-c1cccc(F)c1. The summed E-state index contributed by atoms with van der Waals surface area (Å²) in [6.45, 7) is 0. The fraction of sp³-hybridized carbons (Fsp3) is 0.0500. The molecule has 0 unspecified atom stereocenters. The average molecular weight is 344 g/mol. The number of nitriles is 1. The Morgan fingerprint density at radius 1 is 1.04 bits per heavy atom. The van der Waals surface area contributed by atoms with Gasteiger partial charge in [0.15, 0.2) is 0 Å². The van der Waals surface area contributed by atoms with Crippen LogP contribution in [-0.2, 0) is 6.42 Å². The summed E-state index contributed by atoms with van der Waals surface area (Å²) >= 11 is 0. The molecule has 0 saturated carbocycles. The maximum absolute atomic E-state index is 13.8. The molecule has 0 aromatic heterocycles. The molecule has 0 aliphatic carbocycles. The van der Waals surface area contributed by atoms with Crippen molar-refractivity contribution in [1.82, 2.24) is 10.2 Å². The smallest absolute Gasteiger partial charge is 0.250 e. The van der Waals surface area contributed by atoms with Crippen LogP contribution in [0.25, 0.3) is 22.6 Å². The molecule has 2 N–H and O–H groups in total. The number of nitrogen functional groups attached to an aromatic ring is 1. The van der Waals surface area contributed by atoms with Gasteiger partial charge in [-0.2, -0.15) is 10.4 Å². The summed E-state index contributed by atoms with van der Waals surface area (Å²) in [5.41, 5.74) is 9.30. The Morgan fingerprint density at radius 2 is 1.85 bits per heavy atom. The molecule has 6 heteroatoms. The molecule has 5 nitrogen and oxygen atoms in total. The van der Waals surface area contributed by atoms with Gasteiger partial charge in [-0.05, 0) is 23.3 Å². The summed E-state index contributed by atoms with van der Waals surface area (Å²) in [5.74, 6) is -0.242. The molecule has 2 aromatic rings. The topological polar surface area (TPSA) is 88.7 Å². The minimum Gasteiger partial charge on any atom is -0.419 e. The first-order valence-electron chi connectivity index (χ1n) is 7.95. The molecule has 126 valence electrons. The first-order valence-corrected chi connectivity index (χ1v) is 7.95. The number of hydrogen-bond donors (Lipinski definition) is 1. The van der Waals surface area contributed by atoms with E-state index in [4.69, 9.17) is 10.2 Å². The van der Waals surface area contributed by atoms with Gasteiger partial charge in [0.1, 0.15) is 17.4 Å². The number of hydrogen-bond acceptors (Lipinski definition) is 5. The molecule has 0 atom stereocenters. The molecule has 0 amide bonds. The van der Waals surface area contributed by atoms with Crippen molar-refractivity contribution < 1.29 is 8.81 Å². The molecule has 2 heterocycles. The van der Waals surface area contributed by atoms with Crippen molar-refractivity contribution in [2.45, 2.75) is 6.42 Å². The summed E-state index contributed by atoms with van der Waals surface area (Å²) in [6, 6.07) is 17.8. The quantitative estimate of drug-likeness (QED) is 0.606. The van der Waals surface area contributed by atoms with Crippen LogP contribution in [0, 0.1) is 17.1 Å². The van der Waals surface area contributed by atoms with Crippen molar-refractivity contribution in [3.63, 3.8) is 0 Å². The lowest BCUT2D eigenvalue weighted by molar-refractivity contribution is 0.566. The van der Waals surface area contributed by atoms with Crippen LogP contribution in [0.3, 0.4) is 0 Å². The minimum absolute atomic E-state index is 0.0644. The number of halogens is 1. The molecule has 0 spiro atoms. The van der Waals surface area contributed by atoms with Gasteiger partial charge in [0, 0.05) is 12.0 Å². The number of rotatable bonds is 3. The van der Waals surface area contributed by atoms with E-state index in [9.17, 15) is 9.65 Å². The van der Waals surface area contributed by atoms with E-state index in [1.165, 1.54) is 12.1 Å². The molecular weight excluding hydrogens is 331 g/mol. The highest BCUT2D eigenvalue weighted by Gasteiger charge is 2.27. The van der Waals surface area contributed by atoms with Crippen LogP contribution in [-0.4, -0.2) is 10.2 Å². The largest absolute Gasteiger partial charge is 0.419 e. The molecular formula is C20H13FN4O. The first kappa shape index (κ1) is 15.8. The monoisotopic (exact) mass is 344 g/mol. The minimum atomic E-state index is -0.406. The van der Waals surface area contributed by atoms with Crippen molar-refractivity contribution in [2.75, 3.05) is 5.73 Å². The molecule has 2 aliphatic rings. The average Bonchev–Trinajstić information content (AvgIpc) is 3.03. The van der Waals surface area contributed by atoms with Gasteiger partial charge in [-0.25, -0.2) is 4.39 Å². The lowest BCUT2D eigenvalue weighted by atomic mass is 9.93. The van der Waals surface area contributed by atoms with Gasteiger partial charge in [-0.1, -0.05) is 42.5 Å². The third-order valence-corrected chi connectivity index (χ3v) is 4.16. The zero-order valence-corrected chi connectivity index (χ0v) is 13.6. The van der Waals surface area contributed by atoms with E-state index in [1.807, 2.05) is 30.3 Å². The second-order valence-corrected chi connectivity index (χ2v) is 5.83. The highest BCUT2D eigenvalue weighted by Crippen LogP contribution is 2.41. The molecule has 2 aromatic carbocycles. The lowest BCUT2D eigenvalue weighted by Gasteiger charge is -2.12. The number of nitrogens with zero attached hydrogens (tertiary/aromatic N) is 3. The zero-order valence-electron chi connectivity index (χ0n) is 13.6. The summed E-state index contributed by atoms with van der Waals surface area (Å²) < 4.78 is 19.3. The van der Waals surface area contributed by atoms with E-state index in [0.29, 0.717) is 28.8 Å². The zero-order chi connectivity index (χ0) is 18.1. The van der Waals surface area contributed by atoms with E-state index >= 15 is 0 Å². The lowest BCUT2D eigenvalue weighted by Crippen LogP contribution is -2.00. The van der Waals surface area contributed by atoms with Gasteiger partial charge >= 0.3 is 0 Å². The Labute approximate surface area is 148 Å². The number of aromatic nitrogens is 2. The van der Waals surface area contributed by atoms with Gasteiger partial charge in [0.2, 0.25) is 11.8 Å². The van der Waals surface area contributed by atoms with Crippen LogP contribution < -0.4 is 5.73 Å². The number of fused-ring (bicyclic) bond motifs is 1. The summed E-state index contributed by atoms with van der Waals surface area (Å²) in [6.07, 6.45) is 0.504. The molecule has 0 bridgehead atoms. The molecule has 0 saturated heterocycles. The van der Waals surface area contributed by atoms with Crippen molar-refractivity contribution in [1.29, 1.82) is 5.26 Å². The Morgan fingerprint density at radius 3 is 2.58 bits per heavy atom. The Kier molecular flexibility index (Phi) is 3.82. The fourth-order valence-electron chi connectivity index (χ4n) is 3.01. The van der Waals surface area contributed by atoms with E-state index in [1.54, 1.807) is 12.1 Å². The van der Waals surface area contributed by atoms with E-state index < -0.39 is 5.82 Å². The van der Waals surface area contributed by atoms with Gasteiger partial charge in [-0.15, -0.1) is 5.10 Å². The predicted molar refractivity (Wildman–Crippen MR) is 94.7 cm³/mol. The second-order valence-electron chi connectivity index (χ2n) is 5.83.